The van der Waals surface area contributed by atoms with Crippen molar-refractivity contribution in [2.45, 2.75) is 86.5 Å². The topological polar surface area (TPSA) is 0 Å². The molecule has 0 spiro atoms. The molecule has 0 rings (SSSR count). The molecule has 0 aliphatic heterocycles. The number of unbranched alkanes of at least 4 members (excludes halogenated alkanes) is 2. The summed E-state index contributed by atoms with van der Waals surface area (Å²) in [5.41, 5.74) is 0.580. The summed E-state index contributed by atoms with van der Waals surface area (Å²) in [6.07, 6.45) is 9.75. The van der Waals surface area contributed by atoms with Gasteiger partial charge in [-0.1, -0.05) is 73.6 Å². The van der Waals surface area contributed by atoms with Gasteiger partial charge in [0.15, 0.2) is 0 Å². The average molecular weight is 226 g/mol. The van der Waals surface area contributed by atoms with Gasteiger partial charge in [0.2, 0.25) is 0 Å². The molecule has 0 aromatic heterocycles. The van der Waals surface area contributed by atoms with E-state index < -0.39 is 0 Å². The zero-order valence-corrected chi connectivity index (χ0v) is 12.6. The minimum atomic E-state index is 0.580. The molecule has 0 heteroatoms. The smallest absolute Gasteiger partial charge is 0.0298 e. The molecule has 16 heavy (non-hydrogen) atoms. The Morgan fingerprint density at radius 3 is 2.00 bits per heavy atom. The van der Waals surface area contributed by atoms with Crippen LogP contribution < -0.4 is 0 Å². The lowest BCUT2D eigenvalue weighted by Gasteiger charge is -2.38. The highest BCUT2D eigenvalue weighted by Crippen LogP contribution is 2.42. The summed E-state index contributed by atoms with van der Waals surface area (Å²) in [4.78, 5) is 0. The molecule has 0 N–H and O–H groups in total. The summed E-state index contributed by atoms with van der Waals surface area (Å²) >= 11 is 0. The van der Waals surface area contributed by atoms with Gasteiger partial charge in [-0.3, -0.25) is 0 Å². The van der Waals surface area contributed by atoms with E-state index in [1.165, 1.54) is 44.9 Å². The summed E-state index contributed by atoms with van der Waals surface area (Å²) in [6.45, 7) is 14.3. The molecule has 98 valence electrons. The predicted octanol–water partition coefficient (Wildman–Crippen LogP) is 6.06. The van der Waals surface area contributed by atoms with E-state index in [2.05, 4.69) is 41.5 Å². The molecule has 0 saturated heterocycles. The molecule has 2 unspecified atom stereocenters. The van der Waals surface area contributed by atoms with Crippen molar-refractivity contribution in [1.29, 1.82) is 0 Å². The molecule has 0 fully saturated rings. The maximum absolute atomic E-state index is 2.52. The van der Waals surface area contributed by atoms with Crippen LogP contribution in [0, 0.1) is 17.3 Å². The SMILES string of the molecule is CCCCCC(CC)C(C)(CC)CC(C)C. The van der Waals surface area contributed by atoms with E-state index in [-0.39, 0.29) is 0 Å². The molecule has 0 aromatic carbocycles. The van der Waals surface area contributed by atoms with E-state index in [1.54, 1.807) is 0 Å². The summed E-state index contributed by atoms with van der Waals surface area (Å²) < 4.78 is 0. The lowest BCUT2D eigenvalue weighted by atomic mass is 9.67. The summed E-state index contributed by atoms with van der Waals surface area (Å²) in [7, 11) is 0. The van der Waals surface area contributed by atoms with Gasteiger partial charge in [0.05, 0.1) is 0 Å². The molecule has 0 amide bonds. The quantitative estimate of drug-likeness (QED) is 0.419. The van der Waals surface area contributed by atoms with Gasteiger partial charge >= 0.3 is 0 Å². The van der Waals surface area contributed by atoms with E-state index in [0.717, 1.165) is 11.8 Å². The second-order valence-electron chi connectivity index (χ2n) is 6.21. The Morgan fingerprint density at radius 1 is 1.00 bits per heavy atom. The Kier molecular flexibility index (Phi) is 8.14. The first kappa shape index (κ1) is 16.0. The normalized spacial score (nSPS) is 17.4. The largest absolute Gasteiger partial charge is 0.0654 e. The minimum Gasteiger partial charge on any atom is -0.0654 e. The molecule has 2 atom stereocenters. The lowest BCUT2D eigenvalue weighted by Crippen LogP contribution is -2.28. The molecule has 0 saturated carbocycles. The van der Waals surface area contributed by atoms with Crippen LogP contribution in [0.5, 0.6) is 0 Å². The minimum absolute atomic E-state index is 0.580. The fourth-order valence-electron chi connectivity index (χ4n) is 3.22. The molecule has 0 aromatic rings. The highest BCUT2D eigenvalue weighted by molar-refractivity contribution is 4.81. The molecule has 0 aliphatic carbocycles. The molecule has 0 radical (unpaired) electrons. The highest BCUT2D eigenvalue weighted by Gasteiger charge is 2.31. The van der Waals surface area contributed by atoms with Gasteiger partial charge in [0, 0.05) is 0 Å². The van der Waals surface area contributed by atoms with Crippen molar-refractivity contribution in [2.24, 2.45) is 17.3 Å². The first-order valence-corrected chi connectivity index (χ1v) is 7.50. The number of hydrogen-bond donors (Lipinski definition) is 0. The van der Waals surface area contributed by atoms with Gasteiger partial charge in [-0.05, 0) is 30.1 Å². The van der Waals surface area contributed by atoms with Crippen LogP contribution in [0.3, 0.4) is 0 Å². The van der Waals surface area contributed by atoms with Crippen molar-refractivity contribution in [1.82, 2.24) is 0 Å². The van der Waals surface area contributed by atoms with E-state index in [9.17, 15) is 0 Å². The lowest BCUT2D eigenvalue weighted by molar-refractivity contribution is 0.123. The fourth-order valence-corrected chi connectivity index (χ4v) is 3.22. The van der Waals surface area contributed by atoms with Crippen LogP contribution in [-0.4, -0.2) is 0 Å². The van der Waals surface area contributed by atoms with Crippen LogP contribution in [0.4, 0.5) is 0 Å². The maximum Gasteiger partial charge on any atom is -0.0298 e. The van der Waals surface area contributed by atoms with Crippen LogP contribution in [0.1, 0.15) is 86.5 Å². The predicted molar refractivity (Wildman–Crippen MR) is 75.8 cm³/mol. The maximum atomic E-state index is 2.52. The Hall–Kier alpha value is 0. The Morgan fingerprint density at radius 2 is 1.62 bits per heavy atom. The summed E-state index contributed by atoms with van der Waals surface area (Å²) in [6, 6.07) is 0. The average Bonchev–Trinajstić information content (AvgIpc) is 2.23. The Balaban J connectivity index is 4.35. The zero-order chi connectivity index (χ0) is 12.6. The van der Waals surface area contributed by atoms with Gasteiger partial charge in [0.1, 0.15) is 0 Å². The van der Waals surface area contributed by atoms with Crippen LogP contribution in [-0.2, 0) is 0 Å². The van der Waals surface area contributed by atoms with Crippen LogP contribution in [0.15, 0.2) is 0 Å². The Bertz CT molecular complexity index is 159. The van der Waals surface area contributed by atoms with Gasteiger partial charge in [-0.25, -0.2) is 0 Å². The second-order valence-corrected chi connectivity index (χ2v) is 6.21. The van der Waals surface area contributed by atoms with E-state index in [4.69, 9.17) is 0 Å². The zero-order valence-electron chi connectivity index (χ0n) is 12.6. The first-order chi connectivity index (χ1) is 7.50. The number of hydrogen-bond acceptors (Lipinski definition) is 0. The highest BCUT2D eigenvalue weighted by atomic mass is 14.4. The van der Waals surface area contributed by atoms with Crippen molar-refractivity contribution in [3.05, 3.63) is 0 Å². The third-order valence-electron chi connectivity index (χ3n) is 4.32. The summed E-state index contributed by atoms with van der Waals surface area (Å²) in [5, 5.41) is 0. The molecular weight excluding hydrogens is 192 g/mol. The third-order valence-corrected chi connectivity index (χ3v) is 4.32. The van der Waals surface area contributed by atoms with E-state index in [0.29, 0.717) is 5.41 Å². The monoisotopic (exact) mass is 226 g/mol. The fraction of sp³-hybridized carbons (Fsp3) is 1.00. The second kappa shape index (κ2) is 8.14. The van der Waals surface area contributed by atoms with Crippen LogP contribution in [0.2, 0.25) is 0 Å². The van der Waals surface area contributed by atoms with E-state index >= 15 is 0 Å². The van der Waals surface area contributed by atoms with Gasteiger partial charge < -0.3 is 0 Å². The van der Waals surface area contributed by atoms with Crippen molar-refractivity contribution in [3.63, 3.8) is 0 Å². The molecule has 0 heterocycles. The standard InChI is InChI=1S/C16H34/c1-7-10-11-12-15(8-2)16(6,9-3)13-14(4)5/h14-15H,7-13H2,1-6H3. The van der Waals surface area contributed by atoms with Crippen LogP contribution in [0.25, 0.3) is 0 Å². The first-order valence-electron chi connectivity index (χ1n) is 7.50. The Labute approximate surface area is 104 Å². The van der Waals surface area contributed by atoms with Crippen LogP contribution >= 0.6 is 0 Å². The molecule has 0 nitrogen and oxygen atoms in total. The third kappa shape index (κ3) is 5.37. The molecule has 0 bridgehead atoms. The van der Waals surface area contributed by atoms with Crippen molar-refractivity contribution >= 4 is 0 Å². The summed E-state index contributed by atoms with van der Waals surface area (Å²) in [5.74, 6) is 1.77. The van der Waals surface area contributed by atoms with Crippen molar-refractivity contribution < 1.29 is 0 Å². The molecular formula is C16H34. The van der Waals surface area contributed by atoms with Crippen molar-refractivity contribution in [3.8, 4) is 0 Å². The van der Waals surface area contributed by atoms with Gasteiger partial charge in [-0.2, -0.15) is 0 Å². The number of rotatable bonds is 9. The van der Waals surface area contributed by atoms with E-state index in [1.807, 2.05) is 0 Å². The van der Waals surface area contributed by atoms with Gasteiger partial charge in [-0.15, -0.1) is 0 Å². The van der Waals surface area contributed by atoms with Crippen molar-refractivity contribution in [2.75, 3.05) is 0 Å². The van der Waals surface area contributed by atoms with Gasteiger partial charge in [0.25, 0.3) is 0 Å². The molecule has 0 aliphatic rings.